The molecule has 3 amide bonds. The molecule has 0 spiro atoms. The van der Waals surface area contributed by atoms with Gasteiger partial charge in [0, 0.05) is 85.6 Å². The standard InChI is InChI=1S/C34H37ClF2N6O3/c1-19-29(39-20(2)30(19)34(46)43-10-8-22(9-11-43)42-14-12-41(3)13-15-42)17-24-23-16-21(4-7-28(23)40-33(24)45)32(44)38-18-25-27(36)6-5-26(35)31(25)37/h4-7,16-17,22,39H,8-15,18H2,1-3H3,(H,38,44)(H,40,45)/b24-17-. The van der Waals surface area contributed by atoms with Gasteiger partial charge in [-0.15, -0.1) is 0 Å². The lowest BCUT2D eigenvalue weighted by Gasteiger charge is -2.42. The van der Waals surface area contributed by atoms with Gasteiger partial charge < -0.3 is 25.4 Å². The number of aryl methyl sites for hydroxylation is 1. The van der Waals surface area contributed by atoms with E-state index >= 15 is 0 Å². The number of carbonyl (C=O) groups excluding carboxylic acids is 3. The van der Waals surface area contributed by atoms with Gasteiger partial charge in [-0.2, -0.15) is 0 Å². The lowest BCUT2D eigenvalue weighted by Crippen LogP contribution is -2.53. The van der Waals surface area contributed by atoms with Gasteiger partial charge in [0.25, 0.3) is 17.7 Å². The zero-order chi connectivity index (χ0) is 32.7. The minimum absolute atomic E-state index is 0.0180. The van der Waals surface area contributed by atoms with Crippen LogP contribution >= 0.6 is 11.6 Å². The highest BCUT2D eigenvalue weighted by atomic mass is 35.5. The molecule has 2 saturated heterocycles. The molecule has 1 aromatic heterocycles. The van der Waals surface area contributed by atoms with E-state index in [-0.39, 0.29) is 28.0 Å². The van der Waals surface area contributed by atoms with Crippen molar-refractivity contribution in [3.05, 3.63) is 86.2 Å². The number of piperazine rings is 1. The Morgan fingerprint density at radius 1 is 1.04 bits per heavy atom. The maximum atomic E-state index is 14.3. The van der Waals surface area contributed by atoms with Gasteiger partial charge in [-0.1, -0.05) is 11.6 Å². The third-order valence-corrected chi connectivity index (χ3v) is 9.71. The molecule has 0 aliphatic carbocycles. The van der Waals surface area contributed by atoms with Crippen molar-refractivity contribution in [2.75, 3.05) is 51.6 Å². The van der Waals surface area contributed by atoms with E-state index in [1.807, 2.05) is 18.7 Å². The Kier molecular flexibility index (Phi) is 9.00. The van der Waals surface area contributed by atoms with E-state index in [4.69, 9.17) is 11.6 Å². The minimum atomic E-state index is -0.930. The Balaban J connectivity index is 1.17. The average molecular weight is 651 g/mol. The largest absolute Gasteiger partial charge is 0.358 e. The third-order valence-electron chi connectivity index (χ3n) is 9.41. The number of hydrogen-bond donors (Lipinski definition) is 3. The summed E-state index contributed by atoms with van der Waals surface area (Å²) in [6.07, 6.45) is 3.59. The van der Waals surface area contributed by atoms with Gasteiger partial charge in [0.2, 0.25) is 0 Å². The molecule has 0 unspecified atom stereocenters. The SMILES string of the molecule is Cc1[nH]c(/C=C2\C(=O)Nc3ccc(C(=O)NCc4c(F)ccc(Cl)c4F)cc32)c(C)c1C(=O)N1CCC(N2CCN(C)CC2)CC1. The van der Waals surface area contributed by atoms with E-state index in [0.29, 0.717) is 47.2 Å². The molecule has 2 aromatic carbocycles. The van der Waals surface area contributed by atoms with Crippen LogP contribution < -0.4 is 10.6 Å². The van der Waals surface area contributed by atoms with Gasteiger partial charge in [0.05, 0.1) is 16.2 Å². The summed E-state index contributed by atoms with van der Waals surface area (Å²) >= 11 is 5.77. The highest BCUT2D eigenvalue weighted by molar-refractivity contribution is 6.35. The number of H-pyrrole nitrogens is 1. The van der Waals surface area contributed by atoms with Crippen LogP contribution in [0, 0.1) is 25.5 Å². The first-order valence-corrected chi connectivity index (χ1v) is 15.9. The van der Waals surface area contributed by atoms with Crippen molar-refractivity contribution in [3.8, 4) is 0 Å². The Hall–Kier alpha value is -4.06. The topological polar surface area (TPSA) is 101 Å². The molecule has 0 radical (unpaired) electrons. The molecule has 46 heavy (non-hydrogen) atoms. The summed E-state index contributed by atoms with van der Waals surface area (Å²) in [5.41, 5.74) is 3.93. The number of fused-ring (bicyclic) bond motifs is 1. The van der Waals surface area contributed by atoms with Crippen LogP contribution in [0.2, 0.25) is 5.02 Å². The fourth-order valence-electron chi connectivity index (χ4n) is 6.64. The molecular weight excluding hydrogens is 614 g/mol. The Bertz CT molecular complexity index is 1740. The van der Waals surface area contributed by atoms with Crippen molar-refractivity contribution in [1.82, 2.24) is 25.0 Å². The van der Waals surface area contributed by atoms with Crippen LogP contribution in [0.4, 0.5) is 14.5 Å². The third kappa shape index (κ3) is 6.19. The van der Waals surface area contributed by atoms with Crippen LogP contribution in [0.25, 0.3) is 11.6 Å². The summed E-state index contributed by atoms with van der Waals surface area (Å²) in [4.78, 5) is 49.8. The molecule has 6 rings (SSSR count). The highest BCUT2D eigenvalue weighted by Crippen LogP contribution is 2.35. The van der Waals surface area contributed by atoms with Crippen LogP contribution in [0.5, 0.6) is 0 Å². The number of likely N-dealkylation sites (tertiary alicyclic amines) is 1. The quantitative estimate of drug-likeness (QED) is 0.262. The first kappa shape index (κ1) is 31.9. The van der Waals surface area contributed by atoms with E-state index in [0.717, 1.165) is 62.4 Å². The number of halogens is 3. The fraction of sp³-hybridized carbons (Fsp3) is 0.382. The maximum absolute atomic E-state index is 14.3. The van der Waals surface area contributed by atoms with Crippen molar-refractivity contribution in [2.24, 2.45) is 0 Å². The predicted octanol–water partition coefficient (Wildman–Crippen LogP) is 4.84. The van der Waals surface area contributed by atoms with E-state index in [1.54, 1.807) is 18.2 Å². The van der Waals surface area contributed by atoms with Gasteiger partial charge in [-0.25, -0.2) is 8.78 Å². The molecule has 0 saturated carbocycles. The van der Waals surface area contributed by atoms with Crippen LogP contribution in [-0.2, 0) is 11.3 Å². The summed E-state index contributed by atoms with van der Waals surface area (Å²) in [6.45, 7) is 9.00. The van der Waals surface area contributed by atoms with Gasteiger partial charge in [-0.3, -0.25) is 19.3 Å². The van der Waals surface area contributed by atoms with Crippen LogP contribution in [0.15, 0.2) is 30.3 Å². The first-order chi connectivity index (χ1) is 22.0. The van der Waals surface area contributed by atoms with Crippen LogP contribution in [0.1, 0.15) is 61.6 Å². The molecule has 3 aliphatic rings. The zero-order valence-electron chi connectivity index (χ0n) is 26.1. The van der Waals surface area contributed by atoms with Crippen molar-refractivity contribution >= 4 is 46.7 Å². The van der Waals surface area contributed by atoms with Crippen LogP contribution in [0.3, 0.4) is 0 Å². The lowest BCUT2D eigenvalue weighted by atomic mass is 9.99. The molecular formula is C34H37ClF2N6O3. The highest BCUT2D eigenvalue weighted by Gasteiger charge is 2.31. The summed E-state index contributed by atoms with van der Waals surface area (Å²) in [6, 6.07) is 7.34. The molecule has 3 N–H and O–H groups in total. The molecule has 2 fully saturated rings. The second-order valence-corrected chi connectivity index (χ2v) is 12.7. The van der Waals surface area contributed by atoms with E-state index in [2.05, 4.69) is 32.5 Å². The Morgan fingerprint density at radius 3 is 2.48 bits per heavy atom. The normalized spacial score (nSPS) is 18.6. The van der Waals surface area contributed by atoms with Crippen molar-refractivity contribution in [3.63, 3.8) is 0 Å². The molecule has 3 aliphatic heterocycles. The number of amides is 3. The van der Waals surface area contributed by atoms with Gasteiger partial charge in [-0.05, 0) is 75.7 Å². The van der Waals surface area contributed by atoms with E-state index < -0.39 is 24.1 Å². The number of likely N-dealkylation sites (N-methyl/N-ethyl adjacent to an activating group) is 1. The molecule has 4 heterocycles. The van der Waals surface area contributed by atoms with Gasteiger partial charge >= 0.3 is 0 Å². The molecule has 9 nitrogen and oxygen atoms in total. The number of carbonyl (C=O) groups is 3. The van der Waals surface area contributed by atoms with Crippen molar-refractivity contribution < 1.29 is 23.2 Å². The smallest absolute Gasteiger partial charge is 0.256 e. The summed E-state index contributed by atoms with van der Waals surface area (Å²) < 4.78 is 28.5. The second kappa shape index (κ2) is 13.0. The van der Waals surface area contributed by atoms with E-state index in [1.165, 1.54) is 6.07 Å². The fourth-order valence-corrected chi connectivity index (χ4v) is 6.81. The number of piperidine rings is 1. The van der Waals surface area contributed by atoms with Crippen molar-refractivity contribution in [1.29, 1.82) is 0 Å². The molecule has 3 aromatic rings. The zero-order valence-corrected chi connectivity index (χ0v) is 26.9. The molecule has 0 atom stereocenters. The number of aromatic amines is 1. The van der Waals surface area contributed by atoms with E-state index in [9.17, 15) is 23.2 Å². The first-order valence-electron chi connectivity index (χ1n) is 15.5. The second-order valence-electron chi connectivity index (χ2n) is 12.3. The Morgan fingerprint density at radius 2 is 1.76 bits per heavy atom. The minimum Gasteiger partial charge on any atom is -0.358 e. The number of benzene rings is 2. The molecule has 12 heteroatoms. The van der Waals surface area contributed by atoms with Gasteiger partial charge in [0.15, 0.2) is 0 Å². The summed E-state index contributed by atoms with van der Waals surface area (Å²) in [5, 5.41) is 5.09. The number of rotatable bonds is 6. The summed E-state index contributed by atoms with van der Waals surface area (Å²) in [7, 11) is 2.15. The number of hydrogen-bond acceptors (Lipinski definition) is 5. The number of nitrogens with zero attached hydrogens (tertiary/aromatic N) is 3. The summed E-state index contributed by atoms with van der Waals surface area (Å²) in [5.74, 6) is -2.69. The average Bonchev–Trinajstić information content (AvgIpc) is 3.51. The lowest BCUT2D eigenvalue weighted by molar-refractivity contribution is -0.110. The van der Waals surface area contributed by atoms with Crippen molar-refractivity contribution in [2.45, 2.75) is 39.3 Å². The predicted molar refractivity (Wildman–Crippen MR) is 174 cm³/mol. The monoisotopic (exact) mass is 650 g/mol. The van der Waals surface area contributed by atoms with Crippen LogP contribution in [-0.4, -0.2) is 89.8 Å². The molecule has 0 bridgehead atoms. The number of nitrogens with one attached hydrogen (secondary N) is 3. The Labute approximate surface area is 271 Å². The maximum Gasteiger partial charge on any atom is 0.256 e. The number of aromatic nitrogens is 1. The number of anilines is 1. The molecule has 242 valence electrons. The van der Waals surface area contributed by atoms with Gasteiger partial charge in [0.1, 0.15) is 11.6 Å².